The van der Waals surface area contributed by atoms with Gasteiger partial charge in [-0.05, 0) is 44.9 Å². The molecule has 1 aromatic heterocycles. The first-order chi connectivity index (χ1) is 13.4. The van der Waals surface area contributed by atoms with E-state index in [0.717, 1.165) is 35.4 Å². The van der Waals surface area contributed by atoms with Gasteiger partial charge in [0.1, 0.15) is 16.9 Å². The molecule has 0 radical (unpaired) electrons. The van der Waals surface area contributed by atoms with E-state index in [4.69, 9.17) is 9.47 Å². The van der Waals surface area contributed by atoms with Gasteiger partial charge in [0.15, 0.2) is 5.96 Å². The fourth-order valence-corrected chi connectivity index (χ4v) is 3.55. The molecule has 0 saturated heterocycles. The lowest BCUT2D eigenvalue weighted by Gasteiger charge is -2.21. The molecule has 2 rings (SSSR count). The molecule has 154 valence electrons. The van der Waals surface area contributed by atoms with Crippen LogP contribution in [0.1, 0.15) is 43.1 Å². The van der Waals surface area contributed by atoms with Crippen LogP contribution in [0.5, 0.6) is 5.75 Å². The van der Waals surface area contributed by atoms with E-state index >= 15 is 0 Å². The van der Waals surface area contributed by atoms with Crippen molar-refractivity contribution in [2.75, 3.05) is 27.7 Å². The largest absolute Gasteiger partial charge is 0.491 e. The fraction of sp³-hybridized carbons (Fsp3) is 0.524. The van der Waals surface area contributed by atoms with Crippen LogP contribution in [0.15, 0.2) is 34.6 Å². The highest BCUT2D eigenvalue weighted by Crippen LogP contribution is 2.21. The molecule has 1 aromatic carbocycles. The molecule has 6 nitrogen and oxygen atoms in total. The Balaban J connectivity index is 1.82. The van der Waals surface area contributed by atoms with Gasteiger partial charge < -0.3 is 19.7 Å². The van der Waals surface area contributed by atoms with E-state index in [1.165, 1.54) is 5.56 Å². The molecule has 28 heavy (non-hydrogen) atoms. The Labute approximate surface area is 172 Å². The summed E-state index contributed by atoms with van der Waals surface area (Å²) in [5.41, 5.74) is 2.29. The minimum atomic E-state index is 0.0267. The Hall–Kier alpha value is -2.12. The van der Waals surface area contributed by atoms with E-state index in [9.17, 15) is 0 Å². The molecule has 1 heterocycles. The fourth-order valence-electron chi connectivity index (χ4n) is 2.71. The number of ether oxygens (including phenoxy) is 2. The molecule has 0 fully saturated rings. The Morgan fingerprint density at radius 1 is 1.25 bits per heavy atom. The zero-order valence-electron chi connectivity index (χ0n) is 17.7. The third-order valence-corrected chi connectivity index (χ3v) is 5.29. The first-order valence-corrected chi connectivity index (χ1v) is 10.4. The molecule has 0 spiro atoms. The molecular formula is C21H32N4O2S. The molecule has 2 aromatic rings. The second-order valence-corrected chi connectivity index (χ2v) is 7.84. The molecule has 0 aliphatic carbocycles. The van der Waals surface area contributed by atoms with Crippen LogP contribution in [-0.4, -0.2) is 49.7 Å². The average Bonchev–Trinajstić information content (AvgIpc) is 3.13. The van der Waals surface area contributed by atoms with Crippen LogP contribution >= 0.6 is 11.3 Å². The van der Waals surface area contributed by atoms with Gasteiger partial charge in [-0.1, -0.05) is 12.1 Å². The number of guanidine groups is 1. The first kappa shape index (κ1) is 22.2. The Bertz CT molecular complexity index is 743. The summed E-state index contributed by atoms with van der Waals surface area (Å²) in [6.45, 7) is 7.58. The van der Waals surface area contributed by atoms with Crippen molar-refractivity contribution in [1.29, 1.82) is 0 Å². The summed E-state index contributed by atoms with van der Waals surface area (Å²) in [5, 5.41) is 6.50. The summed E-state index contributed by atoms with van der Waals surface area (Å²) in [4.78, 5) is 11.1. The van der Waals surface area contributed by atoms with Gasteiger partial charge in [-0.3, -0.25) is 4.99 Å². The van der Waals surface area contributed by atoms with E-state index in [0.29, 0.717) is 6.54 Å². The van der Waals surface area contributed by atoms with Gasteiger partial charge in [-0.2, -0.15) is 0 Å². The van der Waals surface area contributed by atoms with Gasteiger partial charge in [0, 0.05) is 33.1 Å². The van der Waals surface area contributed by atoms with Crippen LogP contribution in [0.3, 0.4) is 0 Å². The van der Waals surface area contributed by atoms with Crippen LogP contribution < -0.4 is 10.1 Å². The highest BCUT2D eigenvalue weighted by molar-refractivity contribution is 7.09. The summed E-state index contributed by atoms with van der Waals surface area (Å²) < 4.78 is 11.0. The molecule has 7 heteroatoms. The van der Waals surface area contributed by atoms with Crippen molar-refractivity contribution in [3.05, 3.63) is 45.9 Å². The summed E-state index contributed by atoms with van der Waals surface area (Å²) in [5.74, 6) is 1.77. The highest BCUT2D eigenvalue weighted by Gasteiger charge is 2.12. The van der Waals surface area contributed by atoms with Crippen LogP contribution in [-0.2, 0) is 17.7 Å². The third kappa shape index (κ3) is 6.80. The van der Waals surface area contributed by atoms with Gasteiger partial charge in [0.2, 0.25) is 0 Å². The maximum Gasteiger partial charge on any atom is 0.193 e. The summed E-state index contributed by atoms with van der Waals surface area (Å²) in [6, 6.07) is 8.27. The number of hydrogen-bond donors (Lipinski definition) is 1. The zero-order valence-corrected chi connectivity index (χ0v) is 18.5. The normalized spacial score (nSPS) is 12.9. The van der Waals surface area contributed by atoms with Gasteiger partial charge in [0.05, 0.1) is 18.3 Å². The van der Waals surface area contributed by atoms with Gasteiger partial charge in [-0.25, -0.2) is 4.98 Å². The lowest BCUT2D eigenvalue weighted by molar-refractivity contribution is 0.119. The minimum Gasteiger partial charge on any atom is -0.491 e. The van der Waals surface area contributed by atoms with E-state index in [-0.39, 0.29) is 12.2 Å². The second-order valence-electron chi connectivity index (χ2n) is 6.95. The predicted molar refractivity (Wildman–Crippen MR) is 116 cm³/mol. The maximum absolute atomic E-state index is 5.69. The van der Waals surface area contributed by atoms with Crippen molar-refractivity contribution in [3.63, 3.8) is 0 Å². The summed E-state index contributed by atoms with van der Waals surface area (Å²) >= 11 is 1.63. The van der Waals surface area contributed by atoms with E-state index < -0.39 is 0 Å². The molecule has 0 aliphatic heterocycles. The third-order valence-electron chi connectivity index (χ3n) is 4.24. The van der Waals surface area contributed by atoms with Crippen molar-refractivity contribution in [2.45, 2.75) is 45.9 Å². The van der Waals surface area contributed by atoms with E-state index in [1.54, 1.807) is 25.5 Å². The van der Waals surface area contributed by atoms with Crippen LogP contribution in [0.4, 0.5) is 0 Å². The molecule has 1 N–H and O–H groups in total. The average molecular weight is 405 g/mol. The number of thiazole rings is 1. The smallest absolute Gasteiger partial charge is 0.193 e. The van der Waals surface area contributed by atoms with Crippen LogP contribution in [0.25, 0.3) is 0 Å². The molecular weight excluding hydrogens is 372 g/mol. The Morgan fingerprint density at radius 3 is 2.57 bits per heavy atom. The standard InChI is InChI=1S/C21H32N4O2S/c1-15(2)27-19-9-7-17(8-10-19)11-12-23-21(22-4)25(5)13-18-14-28-20(24-18)16(3)26-6/h7-10,14-16H,11-13H2,1-6H3,(H,22,23). The molecule has 0 saturated carbocycles. The number of aliphatic imine (C=N–C) groups is 1. The highest BCUT2D eigenvalue weighted by atomic mass is 32.1. The minimum absolute atomic E-state index is 0.0267. The Morgan fingerprint density at radius 2 is 1.96 bits per heavy atom. The van der Waals surface area contributed by atoms with Crippen molar-refractivity contribution in [3.8, 4) is 5.75 Å². The maximum atomic E-state index is 5.69. The van der Waals surface area contributed by atoms with Gasteiger partial charge >= 0.3 is 0 Å². The number of benzene rings is 1. The number of nitrogens with one attached hydrogen (secondary N) is 1. The number of methoxy groups -OCH3 is 1. The topological polar surface area (TPSA) is 59.0 Å². The lowest BCUT2D eigenvalue weighted by atomic mass is 10.1. The zero-order chi connectivity index (χ0) is 20.5. The molecule has 1 unspecified atom stereocenters. The molecule has 0 bridgehead atoms. The second kappa shape index (κ2) is 11.0. The summed E-state index contributed by atoms with van der Waals surface area (Å²) in [6.07, 6.45) is 1.14. The van der Waals surface area contributed by atoms with Crippen molar-refractivity contribution in [1.82, 2.24) is 15.2 Å². The van der Waals surface area contributed by atoms with E-state index in [2.05, 4.69) is 37.7 Å². The SMILES string of the molecule is CN=C(NCCc1ccc(OC(C)C)cc1)N(C)Cc1csc(C(C)OC)n1. The van der Waals surface area contributed by atoms with Crippen molar-refractivity contribution < 1.29 is 9.47 Å². The number of rotatable bonds is 9. The number of nitrogens with zero attached hydrogens (tertiary/aromatic N) is 3. The molecule has 1 atom stereocenters. The van der Waals surface area contributed by atoms with Gasteiger partial charge in [-0.15, -0.1) is 11.3 Å². The van der Waals surface area contributed by atoms with Crippen LogP contribution in [0.2, 0.25) is 0 Å². The van der Waals surface area contributed by atoms with Crippen molar-refractivity contribution in [2.24, 2.45) is 4.99 Å². The Kier molecular flexibility index (Phi) is 8.73. The number of aromatic nitrogens is 1. The predicted octanol–water partition coefficient (Wildman–Crippen LogP) is 3.89. The van der Waals surface area contributed by atoms with E-state index in [1.807, 2.05) is 40.0 Å². The van der Waals surface area contributed by atoms with Gasteiger partial charge in [0.25, 0.3) is 0 Å². The molecule has 0 amide bonds. The quantitative estimate of drug-likeness (QED) is 0.508. The lowest BCUT2D eigenvalue weighted by Crippen LogP contribution is -2.39. The summed E-state index contributed by atoms with van der Waals surface area (Å²) in [7, 11) is 5.52. The first-order valence-electron chi connectivity index (χ1n) is 9.57. The van der Waals surface area contributed by atoms with Crippen molar-refractivity contribution >= 4 is 17.3 Å². The van der Waals surface area contributed by atoms with Crippen LogP contribution in [0, 0.1) is 0 Å². The monoisotopic (exact) mass is 404 g/mol. The molecule has 0 aliphatic rings. The number of hydrogen-bond acceptors (Lipinski definition) is 5.